The summed E-state index contributed by atoms with van der Waals surface area (Å²) < 4.78 is 40.4. The Balaban J connectivity index is 1.43. The van der Waals surface area contributed by atoms with Gasteiger partial charge in [0.2, 0.25) is 0 Å². The molecule has 0 bridgehead atoms. The lowest BCUT2D eigenvalue weighted by atomic mass is 9.96. The molecule has 2 aromatic carbocycles. The third kappa shape index (κ3) is 9.87. The van der Waals surface area contributed by atoms with Crippen LogP contribution in [0.25, 0.3) is 6.08 Å². The average molecular weight is 755 g/mol. The number of rotatable bonds is 13. The van der Waals surface area contributed by atoms with Gasteiger partial charge in [0.1, 0.15) is 61.0 Å². The second kappa shape index (κ2) is 18.3. The van der Waals surface area contributed by atoms with E-state index in [4.69, 9.17) is 33.2 Å². The minimum absolute atomic E-state index is 0.00983. The number of hydrogen-bond donors (Lipinski definition) is 10. The number of esters is 1. The maximum Gasteiger partial charge on any atom is 0.331 e. The SMILES string of the molecule is C[C@@H]1O[C@@H](O[C@@H]2[C@@H](O)[C@H](OCCc3ccccc3)O[C@H](CO[C@@H]3O[C@H](CO)[C@@H](O)[C@H](O)[C@H]3O)[C@H]2OC(=O)C=Cc2ccc(O)c(O)c2)[C@H](O)[C@H](O)[C@H]1O. The summed E-state index contributed by atoms with van der Waals surface area (Å²) in [4.78, 5) is 13.3. The third-order valence-corrected chi connectivity index (χ3v) is 9.17. The predicted molar refractivity (Wildman–Crippen MR) is 176 cm³/mol. The van der Waals surface area contributed by atoms with Crippen LogP contribution in [-0.4, -0.2) is 169 Å². The van der Waals surface area contributed by atoms with E-state index in [-0.39, 0.29) is 12.4 Å². The van der Waals surface area contributed by atoms with E-state index < -0.39 is 117 Å². The molecule has 3 aliphatic heterocycles. The Hall–Kier alpha value is -3.31. The van der Waals surface area contributed by atoms with Crippen LogP contribution in [0.15, 0.2) is 54.6 Å². The standard InChI is InChI=1S/C35H46O18/c1-16-24(40)26(42)29(45)35(49-16)53-32-30(46)34(47-12-11-17-5-3-2-4-6-17)51-22(15-48-33-28(44)27(43)25(41)21(14-36)50-33)31(32)52-23(39)10-8-18-7-9-19(37)20(38)13-18/h2-10,13,16,21-22,24-38,40-46H,11-12,14-15H2,1H3/t16-,21+,22+,24-,25+,26+,27-,28+,29+,30+,31+,32+,33+,34+,35-/m0/s1. The van der Waals surface area contributed by atoms with Crippen LogP contribution in [-0.2, 0) is 44.4 Å². The summed E-state index contributed by atoms with van der Waals surface area (Å²) in [5.41, 5.74) is 1.19. The molecule has 3 heterocycles. The third-order valence-electron chi connectivity index (χ3n) is 9.17. The molecule has 0 radical (unpaired) electrons. The summed E-state index contributed by atoms with van der Waals surface area (Å²) in [6.45, 7) is 0.0634. The maximum absolute atomic E-state index is 13.3. The van der Waals surface area contributed by atoms with Crippen LogP contribution in [0.2, 0.25) is 0 Å². The molecule has 0 aromatic heterocycles. The van der Waals surface area contributed by atoms with Crippen molar-refractivity contribution < 1.29 is 89.0 Å². The van der Waals surface area contributed by atoms with Gasteiger partial charge in [-0.1, -0.05) is 36.4 Å². The highest BCUT2D eigenvalue weighted by Crippen LogP contribution is 2.33. The number of aliphatic hydroxyl groups excluding tert-OH is 8. The van der Waals surface area contributed by atoms with Gasteiger partial charge in [-0.15, -0.1) is 0 Å². The zero-order valence-corrected chi connectivity index (χ0v) is 28.5. The number of aliphatic hydroxyl groups is 8. The fourth-order valence-electron chi connectivity index (χ4n) is 6.06. The molecule has 3 saturated heterocycles. The van der Waals surface area contributed by atoms with Gasteiger partial charge < -0.3 is 84.2 Å². The summed E-state index contributed by atoms with van der Waals surface area (Å²) in [5, 5.41) is 103. The van der Waals surface area contributed by atoms with Gasteiger partial charge in [-0.2, -0.15) is 0 Å². The van der Waals surface area contributed by atoms with Crippen molar-refractivity contribution in [3.8, 4) is 11.5 Å². The molecule has 2 aromatic rings. The first kappa shape index (κ1) is 40.9. The Morgan fingerprint density at radius 1 is 0.717 bits per heavy atom. The zero-order valence-electron chi connectivity index (χ0n) is 28.5. The second-order valence-corrected chi connectivity index (χ2v) is 12.9. The van der Waals surface area contributed by atoms with Crippen molar-refractivity contribution >= 4 is 12.0 Å². The van der Waals surface area contributed by atoms with Gasteiger partial charge in [0.05, 0.1) is 25.9 Å². The minimum Gasteiger partial charge on any atom is -0.504 e. The minimum atomic E-state index is -1.84. The number of hydrogen-bond acceptors (Lipinski definition) is 18. The van der Waals surface area contributed by atoms with Gasteiger partial charge in [-0.25, -0.2) is 4.79 Å². The Labute approximate surface area is 303 Å². The molecule has 15 atom stereocenters. The number of carbonyl (C=O) groups excluding carboxylic acids is 1. The first-order chi connectivity index (χ1) is 25.3. The lowest BCUT2D eigenvalue weighted by Gasteiger charge is -2.47. The van der Waals surface area contributed by atoms with E-state index in [1.165, 1.54) is 31.2 Å². The first-order valence-corrected chi connectivity index (χ1v) is 17.0. The van der Waals surface area contributed by atoms with E-state index in [9.17, 15) is 55.9 Å². The van der Waals surface area contributed by atoms with Gasteiger partial charge in [0.15, 0.2) is 36.5 Å². The lowest BCUT2D eigenvalue weighted by Crippen LogP contribution is -2.65. The maximum atomic E-state index is 13.3. The molecule has 0 saturated carbocycles. The van der Waals surface area contributed by atoms with E-state index in [2.05, 4.69) is 0 Å². The van der Waals surface area contributed by atoms with Crippen molar-refractivity contribution in [1.82, 2.24) is 0 Å². The van der Waals surface area contributed by atoms with E-state index in [1.54, 1.807) is 0 Å². The van der Waals surface area contributed by atoms with Crippen molar-refractivity contribution in [2.75, 3.05) is 19.8 Å². The van der Waals surface area contributed by atoms with Crippen molar-refractivity contribution in [1.29, 1.82) is 0 Å². The molecule has 0 unspecified atom stereocenters. The van der Waals surface area contributed by atoms with Crippen LogP contribution in [0, 0.1) is 0 Å². The number of ether oxygens (including phenoxy) is 7. The first-order valence-electron chi connectivity index (χ1n) is 17.0. The molecule has 18 heteroatoms. The predicted octanol–water partition coefficient (Wildman–Crippen LogP) is -2.60. The molecule has 0 aliphatic carbocycles. The fraction of sp³-hybridized carbons (Fsp3) is 0.571. The Bertz CT molecular complexity index is 1490. The monoisotopic (exact) mass is 754 g/mol. The number of aromatic hydroxyl groups is 2. The van der Waals surface area contributed by atoms with Crippen LogP contribution in [0.4, 0.5) is 0 Å². The Morgan fingerprint density at radius 3 is 2.08 bits per heavy atom. The van der Waals surface area contributed by atoms with E-state index in [0.29, 0.717) is 12.0 Å². The summed E-state index contributed by atoms with van der Waals surface area (Å²) in [6, 6.07) is 13.0. The topological polar surface area (TPSA) is 284 Å². The molecule has 18 nitrogen and oxygen atoms in total. The number of phenols is 2. The number of benzene rings is 2. The zero-order chi connectivity index (χ0) is 38.4. The Kier molecular flexibility index (Phi) is 14.1. The van der Waals surface area contributed by atoms with Crippen molar-refractivity contribution in [3.63, 3.8) is 0 Å². The molecule has 10 N–H and O–H groups in total. The van der Waals surface area contributed by atoms with Crippen LogP contribution in [0.5, 0.6) is 11.5 Å². The summed E-state index contributed by atoms with van der Waals surface area (Å²) in [7, 11) is 0. The van der Waals surface area contributed by atoms with E-state index in [1.807, 2.05) is 30.3 Å². The molecule has 3 fully saturated rings. The normalized spacial score (nSPS) is 37.8. The van der Waals surface area contributed by atoms with Gasteiger partial charge in [0.25, 0.3) is 0 Å². The molecule has 5 rings (SSSR count). The smallest absolute Gasteiger partial charge is 0.331 e. The van der Waals surface area contributed by atoms with Crippen molar-refractivity contribution in [3.05, 3.63) is 65.7 Å². The fourth-order valence-corrected chi connectivity index (χ4v) is 6.06. The molecular weight excluding hydrogens is 708 g/mol. The van der Waals surface area contributed by atoms with Crippen LogP contribution < -0.4 is 0 Å². The summed E-state index contributed by atoms with van der Waals surface area (Å²) in [5.74, 6) is -1.88. The molecular formula is C35H46O18. The second-order valence-electron chi connectivity index (χ2n) is 12.9. The number of phenolic OH excluding ortho intramolecular Hbond substituents is 2. The summed E-state index contributed by atoms with van der Waals surface area (Å²) >= 11 is 0. The number of carbonyl (C=O) groups is 1. The van der Waals surface area contributed by atoms with Crippen molar-refractivity contribution in [2.24, 2.45) is 0 Å². The summed E-state index contributed by atoms with van der Waals surface area (Å²) in [6.07, 6.45) is -21.4. The van der Waals surface area contributed by atoms with E-state index >= 15 is 0 Å². The average Bonchev–Trinajstić information content (AvgIpc) is 3.15. The van der Waals surface area contributed by atoms with Crippen LogP contribution in [0.3, 0.4) is 0 Å². The molecule has 53 heavy (non-hydrogen) atoms. The van der Waals surface area contributed by atoms with Gasteiger partial charge in [-0.05, 0) is 42.7 Å². The van der Waals surface area contributed by atoms with E-state index in [0.717, 1.165) is 11.6 Å². The Morgan fingerprint density at radius 2 is 1.38 bits per heavy atom. The highest BCUT2D eigenvalue weighted by Gasteiger charge is 2.53. The van der Waals surface area contributed by atoms with Gasteiger partial charge >= 0.3 is 5.97 Å². The molecule has 3 aliphatic rings. The highest BCUT2D eigenvalue weighted by atomic mass is 16.8. The van der Waals surface area contributed by atoms with Crippen molar-refractivity contribution in [2.45, 2.75) is 105 Å². The van der Waals surface area contributed by atoms with Crippen LogP contribution in [0.1, 0.15) is 18.1 Å². The van der Waals surface area contributed by atoms with Gasteiger partial charge in [0, 0.05) is 6.08 Å². The van der Waals surface area contributed by atoms with Gasteiger partial charge in [-0.3, -0.25) is 0 Å². The largest absolute Gasteiger partial charge is 0.504 e. The molecule has 294 valence electrons. The lowest BCUT2D eigenvalue weighted by molar-refractivity contribution is -0.364. The highest BCUT2D eigenvalue weighted by molar-refractivity contribution is 5.87. The molecule has 0 spiro atoms. The molecule has 0 amide bonds. The van der Waals surface area contributed by atoms with Crippen LogP contribution >= 0.6 is 0 Å². The quantitative estimate of drug-likeness (QED) is 0.0570.